The maximum atomic E-state index is 17.0. The Kier molecular flexibility index (Phi) is 7.07. The quantitative estimate of drug-likeness (QED) is 0.398. The Morgan fingerprint density at radius 2 is 2.08 bits per heavy atom. The smallest absolute Gasteiger partial charge is 0.226 e. The third-order valence-electron chi connectivity index (χ3n) is 8.53. The van der Waals surface area contributed by atoms with Crippen molar-refractivity contribution in [3.05, 3.63) is 56.4 Å². The Morgan fingerprint density at radius 3 is 2.83 bits per heavy atom. The van der Waals surface area contributed by atoms with Gasteiger partial charge in [0.05, 0.1) is 23.7 Å². The molecule has 208 valence electrons. The first-order valence-corrected chi connectivity index (χ1v) is 14.6. The van der Waals surface area contributed by atoms with Crippen molar-refractivity contribution in [1.29, 1.82) is 5.26 Å². The van der Waals surface area contributed by atoms with Crippen LogP contribution < -0.4 is 10.6 Å². The van der Waals surface area contributed by atoms with Gasteiger partial charge in [-0.15, -0.1) is 11.3 Å². The zero-order valence-corrected chi connectivity index (χ0v) is 23.8. The zero-order chi connectivity index (χ0) is 28.1. The standard InChI is InChI=1S/C30H32F2N6OS/c1-4-16(3)23(25-18(11-33)29(34)40-28(25)22(31)5-2)24-21-15-39-14-20(21)19-12-35-30(36-27(19)26(24)32)38-10-9-37-8-6-7-17(37)13-38/h5,12,17H,4,6-10,13-15,34H2,1-3H3/b22-5+,23-16+. The summed E-state index contributed by atoms with van der Waals surface area (Å²) < 4.78 is 38.0. The fourth-order valence-corrected chi connectivity index (χ4v) is 7.31. The van der Waals surface area contributed by atoms with Gasteiger partial charge < -0.3 is 15.4 Å². The van der Waals surface area contributed by atoms with E-state index in [-0.39, 0.29) is 27.6 Å². The van der Waals surface area contributed by atoms with Crippen LogP contribution >= 0.6 is 11.3 Å². The van der Waals surface area contributed by atoms with Gasteiger partial charge in [-0.1, -0.05) is 18.6 Å². The van der Waals surface area contributed by atoms with E-state index in [1.807, 2.05) is 13.8 Å². The van der Waals surface area contributed by atoms with Crippen molar-refractivity contribution in [2.24, 2.45) is 0 Å². The van der Waals surface area contributed by atoms with E-state index in [4.69, 9.17) is 15.5 Å². The van der Waals surface area contributed by atoms with E-state index in [0.717, 1.165) is 55.1 Å². The molecule has 6 rings (SSSR count). The van der Waals surface area contributed by atoms with Crippen molar-refractivity contribution in [2.75, 3.05) is 36.8 Å². The molecule has 0 aliphatic carbocycles. The second kappa shape index (κ2) is 10.5. The second-order valence-corrected chi connectivity index (χ2v) is 11.7. The summed E-state index contributed by atoms with van der Waals surface area (Å²) in [6.45, 7) is 9.61. The number of halogens is 2. The molecule has 0 radical (unpaired) electrons. The minimum absolute atomic E-state index is 0.157. The van der Waals surface area contributed by atoms with Gasteiger partial charge in [-0.3, -0.25) is 4.90 Å². The lowest BCUT2D eigenvalue weighted by molar-refractivity contribution is 0.134. The highest BCUT2D eigenvalue weighted by molar-refractivity contribution is 7.17. The van der Waals surface area contributed by atoms with Crippen LogP contribution in [-0.2, 0) is 18.0 Å². The molecule has 2 aromatic heterocycles. The van der Waals surface area contributed by atoms with Crippen molar-refractivity contribution in [2.45, 2.75) is 59.3 Å². The predicted molar refractivity (Wildman–Crippen MR) is 155 cm³/mol. The summed E-state index contributed by atoms with van der Waals surface area (Å²) in [6.07, 6.45) is 5.96. The molecule has 3 aromatic rings. The van der Waals surface area contributed by atoms with E-state index in [9.17, 15) is 5.26 Å². The molecule has 2 fully saturated rings. The van der Waals surface area contributed by atoms with Gasteiger partial charge >= 0.3 is 0 Å². The molecular weight excluding hydrogens is 530 g/mol. The Labute approximate surface area is 236 Å². The Bertz CT molecular complexity index is 1620. The largest absolute Gasteiger partial charge is 0.389 e. The van der Waals surface area contributed by atoms with Gasteiger partial charge in [0.2, 0.25) is 5.95 Å². The maximum absolute atomic E-state index is 17.0. The topological polar surface area (TPSA) is 91.3 Å². The van der Waals surface area contributed by atoms with E-state index in [2.05, 4.69) is 20.9 Å². The molecule has 1 aromatic carbocycles. The molecule has 1 unspecified atom stereocenters. The number of nitrogens with two attached hydrogens (primary N) is 1. The second-order valence-electron chi connectivity index (χ2n) is 10.7. The number of hydrogen-bond acceptors (Lipinski definition) is 8. The fourth-order valence-electron chi connectivity index (χ4n) is 6.32. The number of allylic oxidation sites excluding steroid dienone is 2. The highest BCUT2D eigenvalue weighted by atomic mass is 32.1. The highest BCUT2D eigenvalue weighted by Gasteiger charge is 2.34. The minimum atomic E-state index is -0.509. The molecule has 1 atom stereocenters. The molecule has 7 nitrogen and oxygen atoms in total. The first kappa shape index (κ1) is 26.8. The van der Waals surface area contributed by atoms with E-state index in [0.29, 0.717) is 52.7 Å². The van der Waals surface area contributed by atoms with E-state index < -0.39 is 11.6 Å². The third kappa shape index (κ3) is 4.19. The average molecular weight is 563 g/mol. The monoisotopic (exact) mass is 562 g/mol. The average Bonchev–Trinajstić information content (AvgIpc) is 3.72. The van der Waals surface area contributed by atoms with Crippen LogP contribution in [0.25, 0.3) is 22.3 Å². The van der Waals surface area contributed by atoms with E-state index in [1.54, 1.807) is 13.1 Å². The number of hydrogen-bond donors (Lipinski definition) is 1. The van der Waals surface area contributed by atoms with E-state index >= 15 is 8.78 Å². The van der Waals surface area contributed by atoms with Crippen LogP contribution in [0.2, 0.25) is 0 Å². The van der Waals surface area contributed by atoms with Crippen LogP contribution in [0.3, 0.4) is 0 Å². The first-order chi connectivity index (χ1) is 19.4. The van der Waals surface area contributed by atoms with Gasteiger partial charge in [0.1, 0.15) is 22.4 Å². The Balaban J connectivity index is 1.59. The number of fused-ring (bicyclic) bond motifs is 4. The summed E-state index contributed by atoms with van der Waals surface area (Å²) in [5.74, 6) is -0.497. The fraction of sp³-hybridized carbons (Fsp3) is 0.433. The normalized spacial score (nSPS) is 20.1. The molecule has 2 saturated heterocycles. The molecule has 40 heavy (non-hydrogen) atoms. The minimum Gasteiger partial charge on any atom is -0.389 e. The van der Waals surface area contributed by atoms with Crippen molar-refractivity contribution in [3.63, 3.8) is 0 Å². The number of thiophene rings is 1. The third-order valence-corrected chi connectivity index (χ3v) is 9.56. The number of rotatable bonds is 5. The summed E-state index contributed by atoms with van der Waals surface area (Å²) in [6, 6.07) is 2.62. The van der Waals surface area contributed by atoms with Crippen molar-refractivity contribution in [1.82, 2.24) is 14.9 Å². The molecule has 0 spiro atoms. The van der Waals surface area contributed by atoms with Gasteiger partial charge in [0.15, 0.2) is 5.82 Å². The van der Waals surface area contributed by atoms with Crippen LogP contribution in [-0.4, -0.2) is 47.1 Å². The van der Waals surface area contributed by atoms with Crippen LogP contribution in [0.5, 0.6) is 0 Å². The van der Waals surface area contributed by atoms with Crippen LogP contribution in [0.15, 0.2) is 17.8 Å². The summed E-state index contributed by atoms with van der Waals surface area (Å²) in [7, 11) is 0. The lowest BCUT2D eigenvalue weighted by Crippen LogP contribution is -2.50. The Hall–Kier alpha value is -3.39. The Morgan fingerprint density at radius 1 is 1.27 bits per heavy atom. The molecule has 10 heteroatoms. The molecule has 0 bridgehead atoms. The summed E-state index contributed by atoms with van der Waals surface area (Å²) in [4.78, 5) is 14.4. The lowest BCUT2D eigenvalue weighted by Gasteiger charge is -2.37. The van der Waals surface area contributed by atoms with Gasteiger partial charge in [0, 0.05) is 48.4 Å². The summed E-state index contributed by atoms with van der Waals surface area (Å²) in [5.41, 5.74) is 10.0. The van der Waals surface area contributed by atoms with Crippen LogP contribution in [0, 0.1) is 17.1 Å². The molecule has 0 saturated carbocycles. The van der Waals surface area contributed by atoms with Gasteiger partial charge in [0.25, 0.3) is 0 Å². The molecular formula is C30H32F2N6OS. The molecule has 5 heterocycles. The lowest BCUT2D eigenvalue weighted by atomic mass is 9.85. The number of nitrogens with zero attached hydrogens (tertiary/aromatic N) is 5. The molecule has 3 aliphatic heterocycles. The van der Waals surface area contributed by atoms with E-state index in [1.165, 1.54) is 12.5 Å². The number of benzene rings is 1. The number of nitrogen functional groups attached to an aromatic ring is 1. The number of nitriles is 1. The summed E-state index contributed by atoms with van der Waals surface area (Å²) >= 11 is 1.01. The SMILES string of the molecule is C/C=C(/F)c1sc(N)c(C#N)c1/C(=C(\C)CC)c1c2c(c3cnc(N4CCN5CCCC5C4)nc3c1F)COC2. The highest BCUT2D eigenvalue weighted by Crippen LogP contribution is 2.47. The number of aromatic nitrogens is 2. The first-order valence-electron chi connectivity index (χ1n) is 13.8. The van der Waals surface area contributed by atoms with Gasteiger partial charge in [-0.2, -0.15) is 5.26 Å². The molecule has 0 amide bonds. The predicted octanol–water partition coefficient (Wildman–Crippen LogP) is 6.16. The van der Waals surface area contributed by atoms with Crippen molar-refractivity contribution in [3.8, 4) is 6.07 Å². The zero-order valence-electron chi connectivity index (χ0n) is 23.0. The van der Waals surface area contributed by atoms with Crippen LogP contribution in [0.4, 0.5) is 19.7 Å². The van der Waals surface area contributed by atoms with Gasteiger partial charge in [-0.25, -0.2) is 18.7 Å². The van der Waals surface area contributed by atoms with Crippen molar-refractivity contribution >= 4 is 44.6 Å². The van der Waals surface area contributed by atoms with Crippen LogP contribution in [0.1, 0.15) is 72.7 Å². The molecule has 3 aliphatic rings. The number of piperazine rings is 1. The van der Waals surface area contributed by atoms with Gasteiger partial charge in [-0.05, 0) is 56.4 Å². The number of ether oxygens (including phenoxy) is 1. The number of anilines is 2. The van der Waals surface area contributed by atoms with Crippen molar-refractivity contribution < 1.29 is 13.5 Å². The summed E-state index contributed by atoms with van der Waals surface area (Å²) in [5, 5.41) is 10.9. The maximum Gasteiger partial charge on any atom is 0.226 e. The molecule has 2 N–H and O–H groups in total.